The molecule has 0 aliphatic heterocycles. The van der Waals surface area contributed by atoms with Crippen molar-refractivity contribution in [3.63, 3.8) is 0 Å². The van der Waals surface area contributed by atoms with Gasteiger partial charge in [-0.1, -0.05) is 18.2 Å². The molecule has 156 valence electrons. The predicted molar refractivity (Wildman–Crippen MR) is 112 cm³/mol. The van der Waals surface area contributed by atoms with Crippen LogP contribution in [0.25, 0.3) is 0 Å². The van der Waals surface area contributed by atoms with Crippen LogP contribution in [0.4, 0.5) is 0 Å². The first-order valence-electron chi connectivity index (χ1n) is 9.94. The van der Waals surface area contributed by atoms with Crippen molar-refractivity contribution in [3.05, 3.63) is 23.8 Å². The van der Waals surface area contributed by atoms with E-state index in [0.717, 1.165) is 15.9 Å². The molecule has 0 atom stereocenters. The van der Waals surface area contributed by atoms with Crippen LogP contribution in [0.3, 0.4) is 0 Å². The van der Waals surface area contributed by atoms with Crippen molar-refractivity contribution in [2.24, 2.45) is 0 Å². The molecule has 0 N–H and O–H groups in total. The quantitative estimate of drug-likeness (QED) is 0.434. The first kappa shape index (κ1) is 24.5. The van der Waals surface area contributed by atoms with E-state index in [1.807, 2.05) is 66.7 Å². The minimum Gasteiger partial charge on any atom is -0.370 e. The zero-order valence-corrected chi connectivity index (χ0v) is 19.9. The molecular weight excluding hydrogens is 380 g/mol. The second kappa shape index (κ2) is 12.1. The number of benzene rings is 1. The first-order chi connectivity index (χ1) is 13.0. The molecule has 0 bridgehead atoms. The Morgan fingerprint density at radius 3 is 1.33 bits per heavy atom. The normalized spacial score (nSPS) is 12.6. The van der Waals surface area contributed by atoms with Crippen LogP contribution in [0, 0.1) is 6.92 Å². The maximum atomic E-state index is 6.20. The van der Waals surface area contributed by atoms with Crippen LogP contribution in [-0.4, -0.2) is 57.3 Å². The van der Waals surface area contributed by atoms with Gasteiger partial charge >= 0.3 is 17.6 Å². The number of aryl methyl sites for hydroxylation is 1. The summed E-state index contributed by atoms with van der Waals surface area (Å²) >= 11 is 0. The Hall–Kier alpha value is -0.586. The average molecular weight is 417 g/mol. The smallest absolute Gasteiger partial charge is 0.370 e. The maximum absolute atomic E-state index is 6.20. The third-order valence-corrected chi connectivity index (χ3v) is 10.5. The molecule has 0 aliphatic rings. The minimum atomic E-state index is -3.16. The van der Waals surface area contributed by atoms with Crippen molar-refractivity contribution >= 4 is 28.0 Å². The predicted octanol–water partition coefficient (Wildman–Crippen LogP) is 2.51. The SMILES string of the molecule is CCO[Si](OCC)(OCC)c1cccc(C)c1[Si](OCC)(OCC)OCC. The Morgan fingerprint density at radius 1 is 0.593 bits per heavy atom. The Balaban J connectivity index is 3.76. The highest BCUT2D eigenvalue weighted by molar-refractivity contribution is 6.86. The van der Waals surface area contributed by atoms with Gasteiger partial charge in [-0.05, 0) is 54.0 Å². The molecule has 0 radical (unpaired) electrons. The van der Waals surface area contributed by atoms with E-state index in [-0.39, 0.29) is 0 Å². The maximum Gasteiger partial charge on any atom is 0.537 e. The van der Waals surface area contributed by atoms with E-state index < -0.39 is 17.6 Å². The van der Waals surface area contributed by atoms with E-state index in [4.69, 9.17) is 26.6 Å². The zero-order valence-electron chi connectivity index (χ0n) is 17.9. The molecule has 0 fully saturated rings. The van der Waals surface area contributed by atoms with E-state index in [2.05, 4.69) is 0 Å². The van der Waals surface area contributed by atoms with E-state index >= 15 is 0 Å². The Labute approximate surface area is 166 Å². The van der Waals surface area contributed by atoms with Gasteiger partial charge in [0.1, 0.15) is 0 Å². The van der Waals surface area contributed by atoms with Gasteiger partial charge in [-0.3, -0.25) is 0 Å². The summed E-state index contributed by atoms with van der Waals surface area (Å²) in [6.07, 6.45) is 0. The fourth-order valence-electron chi connectivity index (χ4n) is 3.17. The van der Waals surface area contributed by atoms with Gasteiger partial charge in [0.2, 0.25) is 0 Å². The van der Waals surface area contributed by atoms with Gasteiger partial charge in [-0.25, -0.2) is 0 Å². The fraction of sp³-hybridized carbons (Fsp3) is 0.684. The minimum absolute atomic E-state index is 0.492. The number of hydrogen-bond donors (Lipinski definition) is 0. The molecular formula is C19H36O6Si2. The summed E-state index contributed by atoms with van der Waals surface area (Å²) in [5.74, 6) is 0. The van der Waals surface area contributed by atoms with E-state index in [1.54, 1.807) is 0 Å². The van der Waals surface area contributed by atoms with Crippen LogP contribution in [-0.2, 0) is 26.6 Å². The lowest BCUT2D eigenvalue weighted by atomic mass is 10.2. The highest BCUT2D eigenvalue weighted by Crippen LogP contribution is 2.17. The lowest BCUT2D eigenvalue weighted by Crippen LogP contribution is -2.70. The Bertz CT molecular complexity index is 521. The van der Waals surface area contributed by atoms with Crippen LogP contribution in [0.2, 0.25) is 0 Å². The van der Waals surface area contributed by atoms with Gasteiger partial charge in [0.15, 0.2) is 0 Å². The van der Waals surface area contributed by atoms with Crippen LogP contribution >= 0.6 is 0 Å². The van der Waals surface area contributed by atoms with Gasteiger partial charge in [-0.15, -0.1) is 0 Å². The first-order valence-corrected chi connectivity index (χ1v) is 13.4. The largest absolute Gasteiger partial charge is 0.537 e. The van der Waals surface area contributed by atoms with Crippen molar-refractivity contribution in [2.75, 3.05) is 39.6 Å². The van der Waals surface area contributed by atoms with Gasteiger partial charge in [0, 0.05) is 50.0 Å². The van der Waals surface area contributed by atoms with Crippen molar-refractivity contribution in [1.82, 2.24) is 0 Å². The fourth-order valence-corrected chi connectivity index (χ4v) is 9.55. The van der Waals surface area contributed by atoms with Gasteiger partial charge in [0.05, 0.1) is 0 Å². The molecule has 1 aromatic rings. The summed E-state index contributed by atoms with van der Waals surface area (Å²) in [6.45, 7) is 16.7. The van der Waals surface area contributed by atoms with Crippen LogP contribution in [0.5, 0.6) is 0 Å². The monoisotopic (exact) mass is 416 g/mol. The molecule has 0 aliphatic carbocycles. The summed E-state index contributed by atoms with van der Waals surface area (Å²) < 4.78 is 37.1. The van der Waals surface area contributed by atoms with Gasteiger partial charge < -0.3 is 26.6 Å². The van der Waals surface area contributed by atoms with Crippen molar-refractivity contribution in [1.29, 1.82) is 0 Å². The highest BCUT2D eigenvalue weighted by atomic mass is 28.4. The van der Waals surface area contributed by atoms with Gasteiger partial charge in [-0.2, -0.15) is 0 Å². The number of rotatable bonds is 14. The van der Waals surface area contributed by atoms with Crippen molar-refractivity contribution in [3.8, 4) is 0 Å². The Morgan fingerprint density at radius 2 is 0.963 bits per heavy atom. The summed E-state index contributed by atoms with van der Waals surface area (Å²) in [6, 6.07) is 6.05. The third-order valence-electron chi connectivity index (χ3n) is 3.91. The molecule has 6 nitrogen and oxygen atoms in total. The molecule has 0 spiro atoms. The molecule has 27 heavy (non-hydrogen) atoms. The molecule has 0 unspecified atom stereocenters. The molecule has 1 aromatic carbocycles. The molecule has 0 aromatic heterocycles. The average Bonchev–Trinajstić information content (AvgIpc) is 2.62. The third kappa shape index (κ3) is 5.71. The molecule has 1 rings (SSSR count). The number of hydrogen-bond acceptors (Lipinski definition) is 6. The van der Waals surface area contributed by atoms with Gasteiger partial charge in [0.25, 0.3) is 0 Å². The molecule has 0 heterocycles. The lowest BCUT2D eigenvalue weighted by molar-refractivity contribution is 0.0805. The standard InChI is InChI=1S/C19H36O6Si2/c1-8-20-26(21-9-2,22-10-3)18-16-14-15-17(7)19(18)27(23-11-4,24-12-5)25-13-6/h14-16H,8-13H2,1-7H3. The second-order valence-electron chi connectivity index (χ2n) is 5.71. The summed E-state index contributed by atoms with van der Waals surface area (Å²) in [5.41, 5.74) is 1.03. The van der Waals surface area contributed by atoms with Crippen LogP contribution in [0.15, 0.2) is 18.2 Å². The van der Waals surface area contributed by atoms with Crippen molar-refractivity contribution in [2.45, 2.75) is 48.5 Å². The molecule has 0 saturated heterocycles. The summed E-state index contributed by atoms with van der Waals surface area (Å²) in [5, 5.41) is 1.80. The van der Waals surface area contributed by atoms with Crippen LogP contribution in [0.1, 0.15) is 47.1 Å². The van der Waals surface area contributed by atoms with Crippen molar-refractivity contribution < 1.29 is 26.6 Å². The molecule has 0 amide bonds. The van der Waals surface area contributed by atoms with E-state index in [0.29, 0.717) is 39.6 Å². The Kier molecular flexibility index (Phi) is 10.9. The topological polar surface area (TPSA) is 55.4 Å². The summed E-state index contributed by atoms with van der Waals surface area (Å²) in [4.78, 5) is 0. The van der Waals surface area contributed by atoms with E-state index in [1.165, 1.54) is 0 Å². The molecule has 0 saturated carbocycles. The molecule has 8 heteroatoms. The lowest BCUT2D eigenvalue weighted by Gasteiger charge is -2.36. The zero-order chi connectivity index (χ0) is 20.3. The highest BCUT2D eigenvalue weighted by Gasteiger charge is 2.54. The van der Waals surface area contributed by atoms with E-state index in [9.17, 15) is 0 Å². The van der Waals surface area contributed by atoms with Crippen LogP contribution < -0.4 is 10.4 Å². The second-order valence-corrected chi connectivity index (χ2v) is 10.7. The summed E-state index contributed by atoms with van der Waals surface area (Å²) in [7, 11) is -6.31.